The second-order valence-electron chi connectivity index (χ2n) is 3.23. The lowest BCUT2D eigenvalue weighted by molar-refractivity contribution is -0.351. The highest BCUT2D eigenvalue weighted by Gasteiger charge is 2.43. The van der Waals surface area contributed by atoms with E-state index in [1.54, 1.807) is 0 Å². The van der Waals surface area contributed by atoms with E-state index in [9.17, 15) is 17.6 Å². The van der Waals surface area contributed by atoms with Crippen molar-refractivity contribution in [1.82, 2.24) is 0 Å². The topological polar surface area (TPSA) is 60.7 Å². The van der Waals surface area contributed by atoms with Crippen LogP contribution in [0.1, 0.15) is 19.3 Å². The standard InChI is InChI=1S/C8H14F4O3/c9-4-2-1-3-5(10)6(11)7(12)8(13,14)15/h5-7,13-15H,1-4H2. The number of rotatable bonds is 7. The molecule has 0 radical (unpaired) electrons. The zero-order valence-corrected chi connectivity index (χ0v) is 7.91. The van der Waals surface area contributed by atoms with Gasteiger partial charge in [-0.05, 0) is 19.3 Å². The zero-order valence-electron chi connectivity index (χ0n) is 7.91. The Labute approximate surface area is 84.3 Å². The average Bonchev–Trinajstić information content (AvgIpc) is 2.14. The first-order valence-corrected chi connectivity index (χ1v) is 4.46. The van der Waals surface area contributed by atoms with Crippen LogP contribution in [0.4, 0.5) is 17.6 Å². The minimum atomic E-state index is -3.90. The number of aliphatic hydroxyl groups is 3. The van der Waals surface area contributed by atoms with Crippen LogP contribution in [0.2, 0.25) is 0 Å². The fraction of sp³-hybridized carbons (Fsp3) is 1.00. The van der Waals surface area contributed by atoms with Gasteiger partial charge in [-0.2, -0.15) is 0 Å². The Balaban J connectivity index is 4.02. The first-order valence-electron chi connectivity index (χ1n) is 4.46. The van der Waals surface area contributed by atoms with Gasteiger partial charge in [-0.25, -0.2) is 13.2 Å². The molecule has 0 aromatic rings. The van der Waals surface area contributed by atoms with Crippen LogP contribution in [0.5, 0.6) is 0 Å². The highest BCUT2D eigenvalue weighted by atomic mass is 19.2. The predicted octanol–water partition coefficient (Wildman–Crippen LogP) is 0.771. The summed E-state index contributed by atoms with van der Waals surface area (Å²) < 4.78 is 49.8. The summed E-state index contributed by atoms with van der Waals surface area (Å²) in [6.07, 6.45) is -8.73. The van der Waals surface area contributed by atoms with Gasteiger partial charge in [-0.15, -0.1) is 0 Å². The molecule has 3 atom stereocenters. The minimum absolute atomic E-state index is 0.0140. The fourth-order valence-electron chi connectivity index (χ4n) is 0.990. The molecule has 0 spiro atoms. The van der Waals surface area contributed by atoms with Crippen molar-refractivity contribution in [3.63, 3.8) is 0 Å². The molecular weight excluding hydrogens is 220 g/mol. The SMILES string of the molecule is OC(O)(O)C(F)C(F)C(F)CCCCF. The summed E-state index contributed by atoms with van der Waals surface area (Å²) in [6.45, 7) is -0.688. The monoisotopic (exact) mass is 234 g/mol. The molecule has 0 fully saturated rings. The minimum Gasteiger partial charge on any atom is -0.341 e. The lowest BCUT2D eigenvalue weighted by Gasteiger charge is -2.23. The molecule has 3 nitrogen and oxygen atoms in total. The van der Waals surface area contributed by atoms with Crippen molar-refractivity contribution in [3.05, 3.63) is 0 Å². The molecule has 92 valence electrons. The number of hydrogen-bond donors (Lipinski definition) is 3. The highest BCUT2D eigenvalue weighted by molar-refractivity contribution is 4.80. The Kier molecular flexibility index (Phi) is 6.07. The van der Waals surface area contributed by atoms with E-state index in [0.29, 0.717) is 0 Å². The second-order valence-corrected chi connectivity index (χ2v) is 3.23. The third kappa shape index (κ3) is 5.29. The van der Waals surface area contributed by atoms with Gasteiger partial charge >= 0.3 is 5.97 Å². The number of halogens is 4. The van der Waals surface area contributed by atoms with E-state index in [0.717, 1.165) is 0 Å². The maximum atomic E-state index is 12.8. The molecule has 0 bridgehead atoms. The molecule has 0 heterocycles. The van der Waals surface area contributed by atoms with E-state index in [1.807, 2.05) is 0 Å². The molecule has 0 aromatic heterocycles. The van der Waals surface area contributed by atoms with E-state index in [4.69, 9.17) is 15.3 Å². The van der Waals surface area contributed by atoms with E-state index in [2.05, 4.69) is 0 Å². The molecule has 7 heteroatoms. The number of alkyl halides is 4. The molecule has 15 heavy (non-hydrogen) atoms. The summed E-state index contributed by atoms with van der Waals surface area (Å²) in [4.78, 5) is 0. The maximum Gasteiger partial charge on any atom is 0.311 e. The van der Waals surface area contributed by atoms with Crippen LogP contribution >= 0.6 is 0 Å². The molecule has 0 aliphatic heterocycles. The molecule has 3 N–H and O–H groups in total. The molecular formula is C8H14F4O3. The van der Waals surface area contributed by atoms with Gasteiger partial charge in [-0.3, -0.25) is 4.39 Å². The van der Waals surface area contributed by atoms with Crippen LogP contribution in [0.3, 0.4) is 0 Å². The van der Waals surface area contributed by atoms with Crippen molar-refractivity contribution in [2.45, 2.75) is 43.8 Å². The molecule has 0 aliphatic rings. The molecule has 0 amide bonds. The van der Waals surface area contributed by atoms with Crippen molar-refractivity contribution in [1.29, 1.82) is 0 Å². The van der Waals surface area contributed by atoms with Crippen molar-refractivity contribution >= 4 is 0 Å². The van der Waals surface area contributed by atoms with Gasteiger partial charge in [0.25, 0.3) is 0 Å². The van der Waals surface area contributed by atoms with Crippen LogP contribution in [0.25, 0.3) is 0 Å². The average molecular weight is 234 g/mol. The maximum absolute atomic E-state index is 12.8. The van der Waals surface area contributed by atoms with Crippen LogP contribution in [0, 0.1) is 0 Å². The molecule has 0 saturated carbocycles. The summed E-state index contributed by atoms with van der Waals surface area (Å²) >= 11 is 0. The summed E-state index contributed by atoms with van der Waals surface area (Å²) in [6, 6.07) is 0. The zero-order chi connectivity index (χ0) is 12.1. The summed E-state index contributed by atoms with van der Waals surface area (Å²) in [7, 11) is 0. The van der Waals surface area contributed by atoms with Crippen LogP contribution < -0.4 is 0 Å². The first kappa shape index (κ1) is 14.6. The van der Waals surface area contributed by atoms with Crippen molar-refractivity contribution in [2.24, 2.45) is 0 Å². The third-order valence-electron chi connectivity index (χ3n) is 1.86. The van der Waals surface area contributed by atoms with Crippen LogP contribution in [-0.2, 0) is 0 Å². The number of hydrogen-bond acceptors (Lipinski definition) is 3. The smallest absolute Gasteiger partial charge is 0.311 e. The Morgan fingerprint density at radius 2 is 1.53 bits per heavy atom. The van der Waals surface area contributed by atoms with E-state index >= 15 is 0 Å². The Hall–Kier alpha value is -0.400. The van der Waals surface area contributed by atoms with Gasteiger partial charge in [0.2, 0.25) is 6.17 Å². The van der Waals surface area contributed by atoms with Gasteiger partial charge in [0, 0.05) is 0 Å². The summed E-state index contributed by atoms with van der Waals surface area (Å²) in [5.41, 5.74) is 0. The third-order valence-corrected chi connectivity index (χ3v) is 1.86. The Morgan fingerprint density at radius 3 is 1.93 bits per heavy atom. The van der Waals surface area contributed by atoms with Crippen LogP contribution in [0.15, 0.2) is 0 Å². The Bertz CT molecular complexity index is 174. The molecule has 3 unspecified atom stereocenters. The summed E-state index contributed by atoms with van der Waals surface area (Å²) in [5.74, 6) is -3.90. The van der Waals surface area contributed by atoms with Crippen molar-refractivity contribution < 1.29 is 32.9 Å². The van der Waals surface area contributed by atoms with Crippen molar-refractivity contribution in [2.75, 3.05) is 6.67 Å². The lowest BCUT2D eigenvalue weighted by atomic mass is 10.0. The van der Waals surface area contributed by atoms with E-state index in [1.165, 1.54) is 0 Å². The molecule has 0 saturated heterocycles. The summed E-state index contributed by atoms with van der Waals surface area (Å²) in [5, 5.41) is 24.7. The van der Waals surface area contributed by atoms with E-state index < -0.39 is 37.6 Å². The van der Waals surface area contributed by atoms with Gasteiger partial charge < -0.3 is 15.3 Å². The Morgan fingerprint density at radius 1 is 1.00 bits per heavy atom. The van der Waals surface area contributed by atoms with Crippen LogP contribution in [-0.4, -0.2) is 46.5 Å². The highest BCUT2D eigenvalue weighted by Crippen LogP contribution is 2.22. The second kappa shape index (κ2) is 6.24. The molecule has 0 aliphatic carbocycles. The van der Waals surface area contributed by atoms with Gasteiger partial charge in [0.1, 0.15) is 6.17 Å². The van der Waals surface area contributed by atoms with Crippen molar-refractivity contribution in [3.8, 4) is 0 Å². The van der Waals surface area contributed by atoms with E-state index in [-0.39, 0.29) is 12.8 Å². The van der Waals surface area contributed by atoms with Gasteiger partial charge in [0.05, 0.1) is 6.67 Å². The van der Waals surface area contributed by atoms with Gasteiger partial charge in [0.15, 0.2) is 6.17 Å². The molecule has 0 aromatic carbocycles. The lowest BCUT2D eigenvalue weighted by Crippen LogP contribution is -2.47. The quantitative estimate of drug-likeness (QED) is 0.346. The largest absolute Gasteiger partial charge is 0.341 e. The van der Waals surface area contributed by atoms with Gasteiger partial charge in [-0.1, -0.05) is 0 Å². The normalized spacial score (nSPS) is 18.6. The molecule has 0 rings (SSSR count). The first-order chi connectivity index (χ1) is 6.80. The fourth-order valence-corrected chi connectivity index (χ4v) is 0.990. The number of unbranched alkanes of at least 4 members (excludes halogenated alkanes) is 1. The predicted molar refractivity (Wildman–Crippen MR) is 43.9 cm³/mol.